The Balaban J connectivity index is 1.80. The molecule has 2 aromatic heterocycles. The molecule has 3 rings (SSSR count). The van der Waals surface area contributed by atoms with Crippen molar-refractivity contribution >= 4 is 23.1 Å². The molecule has 0 saturated carbocycles. The van der Waals surface area contributed by atoms with Gasteiger partial charge in [0, 0.05) is 13.2 Å². The topological polar surface area (TPSA) is 93.2 Å². The predicted molar refractivity (Wildman–Crippen MR) is 71.5 cm³/mol. The first-order valence-electron chi connectivity index (χ1n) is 5.98. The Morgan fingerprint density at radius 2 is 2.30 bits per heavy atom. The maximum Gasteiger partial charge on any atom is 0.335 e. The SMILES string of the molecule is Cn1ccc(CNc2nc3ccc(C(=O)O)cc3o2)n1. The molecule has 0 amide bonds. The van der Waals surface area contributed by atoms with Crippen LogP contribution in [0.15, 0.2) is 34.9 Å². The van der Waals surface area contributed by atoms with Gasteiger partial charge < -0.3 is 14.8 Å². The molecule has 1 aromatic carbocycles. The Hall–Kier alpha value is -2.83. The van der Waals surface area contributed by atoms with Gasteiger partial charge in [0.25, 0.3) is 6.01 Å². The third-order valence-electron chi connectivity index (χ3n) is 2.82. The fourth-order valence-electron chi connectivity index (χ4n) is 1.86. The molecule has 2 N–H and O–H groups in total. The largest absolute Gasteiger partial charge is 0.478 e. The molecule has 0 fully saturated rings. The van der Waals surface area contributed by atoms with E-state index in [1.807, 2.05) is 19.3 Å². The molecule has 0 atom stereocenters. The molecule has 7 nitrogen and oxygen atoms in total. The highest BCUT2D eigenvalue weighted by atomic mass is 16.4. The second kappa shape index (κ2) is 4.69. The van der Waals surface area contributed by atoms with E-state index in [0.29, 0.717) is 23.7 Å². The van der Waals surface area contributed by atoms with E-state index in [2.05, 4.69) is 15.4 Å². The Morgan fingerprint density at radius 1 is 1.45 bits per heavy atom. The number of carboxylic acids is 1. The van der Waals surface area contributed by atoms with Crippen molar-refractivity contribution in [2.75, 3.05) is 5.32 Å². The molecule has 102 valence electrons. The lowest BCUT2D eigenvalue weighted by atomic mass is 10.2. The van der Waals surface area contributed by atoms with Crippen LogP contribution in [0.3, 0.4) is 0 Å². The summed E-state index contributed by atoms with van der Waals surface area (Å²) in [5.41, 5.74) is 2.08. The van der Waals surface area contributed by atoms with Gasteiger partial charge in [-0.1, -0.05) is 0 Å². The van der Waals surface area contributed by atoms with Gasteiger partial charge in [0.2, 0.25) is 0 Å². The van der Waals surface area contributed by atoms with Crippen molar-refractivity contribution in [2.45, 2.75) is 6.54 Å². The molecular weight excluding hydrogens is 260 g/mol. The van der Waals surface area contributed by atoms with Crippen LogP contribution in [0.1, 0.15) is 16.1 Å². The van der Waals surface area contributed by atoms with Gasteiger partial charge in [-0.15, -0.1) is 0 Å². The Bertz CT molecular complexity index is 775. The van der Waals surface area contributed by atoms with Crippen molar-refractivity contribution in [3.63, 3.8) is 0 Å². The summed E-state index contributed by atoms with van der Waals surface area (Å²) in [6, 6.07) is 6.80. The third-order valence-corrected chi connectivity index (χ3v) is 2.82. The van der Waals surface area contributed by atoms with E-state index in [-0.39, 0.29) is 5.56 Å². The second-order valence-electron chi connectivity index (χ2n) is 4.34. The van der Waals surface area contributed by atoms with Crippen LogP contribution in [-0.2, 0) is 13.6 Å². The first-order valence-corrected chi connectivity index (χ1v) is 5.98. The molecular formula is C13H12N4O3. The highest BCUT2D eigenvalue weighted by Gasteiger charge is 2.09. The molecule has 0 aliphatic rings. The smallest absolute Gasteiger partial charge is 0.335 e. The zero-order valence-corrected chi connectivity index (χ0v) is 10.7. The number of carbonyl (C=O) groups is 1. The number of hydrogen-bond donors (Lipinski definition) is 2. The van der Waals surface area contributed by atoms with Crippen LogP contribution < -0.4 is 5.32 Å². The van der Waals surface area contributed by atoms with Crippen LogP contribution in [-0.4, -0.2) is 25.8 Å². The number of nitrogens with zero attached hydrogens (tertiary/aromatic N) is 3. The van der Waals surface area contributed by atoms with E-state index in [0.717, 1.165) is 5.69 Å². The number of oxazole rings is 1. The summed E-state index contributed by atoms with van der Waals surface area (Å²) in [6.07, 6.45) is 1.85. The lowest BCUT2D eigenvalue weighted by Crippen LogP contribution is -2.01. The maximum atomic E-state index is 10.9. The monoisotopic (exact) mass is 272 g/mol. The average molecular weight is 272 g/mol. The van der Waals surface area contributed by atoms with Crippen molar-refractivity contribution in [2.24, 2.45) is 7.05 Å². The molecule has 0 aliphatic carbocycles. The Kier molecular flexibility index (Phi) is 2.86. The molecule has 0 spiro atoms. The summed E-state index contributed by atoms with van der Waals surface area (Å²) >= 11 is 0. The number of carboxylic acid groups (broad SMARTS) is 1. The fraction of sp³-hybridized carbons (Fsp3) is 0.154. The van der Waals surface area contributed by atoms with E-state index in [9.17, 15) is 4.79 Å². The van der Waals surface area contributed by atoms with Gasteiger partial charge in [-0.05, 0) is 24.3 Å². The van der Waals surface area contributed by atoms with Gasteiger partial charge in [-0.25, -0.2) is 4.79 Å². The number of aromatic carboxylic acids is 1. The summed E-state index contributed by atoms with van der Waals surface area (Å²) in [5.74, 6) is -0.994. The number of anilines is 1. The highest BCUT2D eigenvalue weighted by Crippen LogP contribution is 2.20. The molecule has 0 bridgehead atoms. The van der Waals surface area contributed by atoms with E-state index < -0.39 is 5.97 Å². The molecule has 0 aliphatic heterocycles. The highest BCUT2D eigenvalue weighted by molar-refractivity contribution is 5.92. The summed E-state index contributed by atoms with van der Waals surface area (Å²) in [6.45, 7) is 0.486. The normalized spacial score (nSPS) is 10.8. The number of nitrogens with one attached hydrogen (secondary N) is 1. The number of benzene rings is 1. The second-order valence-corrected chi connectivity index (χ2v) is 4.34. The van der Waals surface area contributed by atoms with Crippen LogP contribution in [0, 0.1) is 0 Å². The van der Waals surface area contributed by atoms with Crippen molar-refractivity contribution in [3.8, 4) is 0 Å². The standard InChI is InChI=1S/C13H12N4O3/c1-17-5-4-9(16-17)7-14-13-15-10-3-2-8(12(18)19)6-11(10)20-13/h2-6H,7H2,1H3,(H,14,15)(H,18,19). The number of aromatic nitrogens is 3. The first-order chi connectivity index (χ1) is 9.61. The molecule has 3 aromatic rings. The van der Waals surface area contributed by atoms with Crippen LogP contribution in [0.4, 0.5) is 6.01 Å². The van der Waals surface area contributed by atoms with E-state index in [1.54, 1.807) is 10.7 Å². The van der Waals surface area contributed by atoms with Crippen molar-refractivity contribution in [1.29, 1.82) is 0 Å². The third kappa shape index (κ3) is 2.33. The zero-order chi connectivity index (χ0) is 14.1. The van der Waals surface area contributed by atoms with E-state index in [4.69, 9.17) is 9.52 Å². The Morgan fingerprint density at radius 3 is 3.00 bits per heavy atom. The van der Waals surface area contributed by atoms with Gasteiger partial charge in [0.05, 0.1) is 17.8 Å². The lowest BCUT2D eigenvalue weighted by Gasteiger charge is -1.97. The summed E-state index contributed by atoms with van der Waals surface area (Å²) in [5, 5.41) is 16.2. The quantitative estimate of drug-likeness (QED) is 0.753. The summed E-state index contributed by atoms with van der Waals surface area (Å²) in [4.78, 5) is 15.1. The fourth-order valence-corrected chi connectivity index (χ4v) is 1.86. The minimum Gasteiger partial charge on any atom is -0.478 e. The molecule has 20 heavy (non-hydrogen) atoms. The van der Waals surface area contributed by atoms with Crippen molar-refractivity contribution in [1.82, 2.24) is 14.8 Å². The summed E-state index contributed by atoms with van der Waals surface area (Å²) in [7, 11) is 1.84. The molecule has 0 saturated heterocycles. The van der Waals surface area contributed by atoms with Crippen LogP contribution in [0.5, 0.6) is 0 Å². The summed E-state index contributed by atoms with van der Waals surface area (Å²) < 4.78 is 7.18. The number of rotatable bonds is 4. The van der Waals surface area contributed by atoms with Crippen LogP contribution >= 0.6 is 0 Å². The first kappa shape index (κ1) is 12.2. The van der Waals surface area contributed by atoms with Gasteiger partial charge in [-0.2, -0.15) is 10.1 Å². The molecule has 0 unspecified atom stereocenters. The Labute approximate surface area is 113 Å². The van der Waals surface area contributed by atoms with Crippen LogP contribution in [0.25, 0.3) is 11.1 Å². The van der Waals surface area contributed by atoms with Gasteiger partial charge >= 0.3 is 5.97 Å². The predicted octanol–water partition coefficient (Wildman–Crippen LogP) is 1.87. The van der Waals surface area contributed by atoms with Gasteiger partial charge in [0.15, 0.2) is 5.58 Å². The van der Waals surface area contributed by atoms with Crippen molar-refractivity contribution in [3.05, 3.63) is 41.7 Å². The number of aryl methyl sites for hydroxylation is 1. The molecule has 7 heteroatoms. The molecule has 2 heterocycles. The lowest BCUT2D eigenvalue weighted by molar-refractivity contribution is 0.0697. The van der Waals surface area contributed by atoms with E-state index >= 15 is 0 Å². The number of fused-ring (bicyclic) bond motifs is 1. The van der Waals surface area contributed by atoms with Gasteiger partial charge in [0.1, 0.15) is 5.52 Å². The maximum absolute atomic E-state index is 10.9. The zero-order valence-electron chi connectivity index (χ0n) is 10.7. The van der Waals surface area contributed by atoms with Crippen molar-refractivity contribution < 1.29 is 14.3 Å². The van der Waals surface area contributed by atoms with E-state index in [1.165, 1.54) is 12.1 Å². The average Bonchev–Trinajstić information content (AvgIpc) is 3.00. The van der Waals surface area contributed by atoms with Gasteiger partial charge in [-0.3, -0.25) is 4.68 Å². The van der Waals surface area contributed by atoms with Crippen LogP contribution in [0.2, 0.25) is 0 Å². The minimum absolute atomic E-state index is 0.171. The molecule has 0 radical (unpaired) electrons. The number of hydrogen-bond acceptors (Lipinski definition) is 5. The minimum atomic E-state index is -0.994.